The summed E-state index contributed by atoms with van der Waals surface area (Å²) in [7, 11) is 0. The number of unbranched alkanes of at least 4 members (excludes halogenated alkanes) is 1. The van der Waals surface area contributed by atoms with Crippen molar-refractivity contribution in [1.82, 2.24) is 10.6 Å². The molecule has 2 amide bonds. The van der Waals surface area contributed by atoms with E-state index in [1.807, 2.05) is 6.26 Å². The Labute approximate surface area is 112 Å². The lowest BCUT2D eigenvalue weighted by Crippen LogP contribution is -2.46. The Morgan fingerprint density at radius 1 is 1.28 bits per heavy atom. The SMILES string of the molecule is CSCCCCNC(=O)NCC(C)(O)CC(=O)O. The number of hydrogen-bond donors (Lipinski definition) is 4. The largest absolute Gasteiger partial charge is 0.481 e. The van der Waals surface area contributed by atoms with Gasteiger partial charge in [-0.25, -0.2) is 4.79 Å². The second kappa shape index (κ2) is 9.04. The van der Waals surface area contributed by atoms with Crippen molar-refractivity contribution >= 4 is 23.8 Å². The molecule has 0 aromatic carbocycles. The van der Waals surface area contributed by atoms with Crippen LogP contribution in [0.4, 0.5) is 4.79 Å². The molecule has 1 atom stereocenters. The van der Waals surface area contributed by atoms with E-state index in [1.54, 1.807) is 11.8 Å². The first kappa shape index (κ1) is 17.1. The number of nitrogens with one attached hydrogen (secondary N) is 2. The highest BCUT2D eigenvalue weighted by molar-refractivity contribution is 7.98. The lowest BCUT2D eigenvalue weighted by Gasteiger charge is -2.21. The second-order valence-electron chi connectivity index (χ2n) is 4.38. The Hall–Kier alpha value is -0.950. The van der Waals surface area contributed by atoms with Crippen LogP contribution in [-0.2, 0) is 4.79 Å². The summed E-state index contributed by atoms with van der Waals surface area (Å²) in [5.74, 6) is -0.0318. The maximum atomic E-state index is 11.3. The van der Waals surface area contributed by atoms with E-state index in [2.05, 4.69) is 10.6 Å². The average Bonchev–Trinajstić information content (AvgIpc) is 2.24. The molecule has 0 heterocycles. The van der Waals surface area contributed by atoms with E-state index in [9.17, 15) is 14.7 Å². The van der Waals surface area contributed by atoms with Crippen molar-refractivity contribution in [2.75, 3.05) is 25.1 Å². The van der Waals surface area contributed by atoms with E-state index < -0.39 is 18.0 Å². The van der Waals surface area contributed by atoms with Crippen LogP contribution in [-0.4, -0.2) is 52.9 Å². The standard InChI is InChI=1S/C11H22N2O4S/c1-11(17,7-9(14)15)8-13-10(16)12-5-3-4-6-18-2/h17H,3-8H2,1-2H3,(H,14,15)(H2,12,13,16). The first-order valence-electron chi connectivity index (χ1n) is 5.82. The van der Waals surface area contributed by atoms with Crippen LogP contribution >= 0.6 is 11.8 Å². The van der Waals surface area contributed by atoms with Crippen molar-refractivity contribution in [3.63, 3.8) is 0 Å². The topological polar surface area (TPSA) is 98.7 Å². The molecule has 0 radical (unpaired) electrons. The first-order chi connectivity index (χ1) is 8.37. The lowest BCUT2D eigenvalue weighted by atomic mass is 10.0. The van der Waals surface area contributed by atoms with E-state index in [4.69, 9.17) is 5.11 Å². The third kappa shape index (κ3) is 10.2. The Morgan fingerprint density at radius 3 is 2.50 bits per heavy atom. The number of hydrogen-bond acceptors (Lipinski definition) is 4. The molecule has 18 heavy (non-hydrogen) atoms. The highest BCUT2D eigenvalue weighted by atomic mass is 32.2. The lowest BCUT2D eigenvalue weighted by molar-refractivity contribution is -0.141. The molecule has 6 nitrogen and oxygen atoms in total. The molecule has 0 aliphatic carbocycles. The smallest absolute Gasteiger partial charge is 0.314 e. The van der Waals surface area contributed by atoms with Gasteiger partial charge < -0.3 is 20.8 Å². The minimum atomic E-state index is -1.43. The van der Waals surface area contributed by atoms with Gasteiger partial charge in [0.15, 0.2) is 0 Å². The van der Waals surface area contributed by atoms with Crippen LogP contribution in [0.25, 0.3) is 0 Å². The van der Waals surface area contributed by atoms with Crippen molar-refractivity contribution in [1.29, 1.82) is 0 Å². The van der Waals surface area contributed by atoms with Gasteiger partial charge in [0, 0.05) is 13.1 Å². The molecule has 106 valence electrons. The second-order valence-corrected chi connectivity index (χ2v) is 5.36. The predicted octanol–water partition coefficient (Wildman–Crippen LogP) is 0.654. The number of amides is 2. The summed E-state index contributed by atoms with van der Waals surface area (Å²) in [4.78, 5) is 21.8. The average molecular weight is 278 g/mol. The van der Waals surface area contributed by atoms with E-state index in [0.29, 0.717) is 6.54 Å². The quantitative estimate of drug-likeness (QED) is 0.464. The number of rotatable bonds is 9. The number of carbonyl (C=O) groups is 2. The molecule has 7 heteroatoms. The van der Waals surface area contributed by atoms with E-state index in [1.165, 1.54) is 6.92 Å². The summed E-state index contributed by atoms with van der Waals surface area (Å²) in [6.45, 7) is 1.86. The highest BCUT2D eigenvalue weighted by Gasteiger charge is 2.24. The molecule has 0 saturated heterocycles. The van der Waals surface area contributed by atoms with Gasteiger partial charge in [0.25, 0.3) is 0 Å². The van der Waals surface area contributed by atoms with Gasteiger partial charge in [-0.3, -0.25) is 4.79 Å². The van der Waals surface area contributed by atoms with Crippen molar-refractivity contribution in [3.8, 4) is 0 Å². The summed E-state index contributed by atoms with van der Waals surface area (Å²) in [6, 6.07) is -0.384. The fraction of sp³-hybridized carbons (Fsp3) is 0.818. The summed E-state index contributed by atoms with van der Waals surface area (Å²) in [6.07, 6.45) is 3.57. The van der Waals surface area contributed by atoms with Crippen molar-refractivity contribution < 1.29 is 19.8 Å². The van der Waals surface area contributed by atoms with Crippen LogP contribution in [0.1, 0.15) is 26.2 Å². The van der Waals surface area contributed by atoms with E-state index in [-0.39, 0.29) is 12.6 Å². The minimum Gasteiger partial charge on any atom is -0.481 e. The third-order valence-corrected chi connectivity index (χ3v) is 2.92. The highest BCUT2D eigenvalue weighted by Crippen LogP contribution is 2.07. The first-order valence-corrected chi connectivity index (χ1v) is 7.21. The van der Waals surface area contributed by atoms with E-state index >= 15 is 0 Å². The number of carboxylic acid groups (broad SMARTS) is 1. The van der Waals surface area contributed by atoms with Gasteiger partial charge in [0.05, 0.1) is 12.0 Å². The van der Waals surface area contributed by atoms with Gasteiger partial charge in [-0.2, -0.15) is 11.8 Å². The van der Waals surface area contributed by atoms with Gasteiger partial charge in [-0.1, -0.05) is 0 Å². The van der Waals surface area contributed by atoms with Crippen LogP contribution < -0.4 is 10.6 Å². The summed E-state index contributed by atoms with van der Waals surface area (Å²) in [5.41, 5.74) is -1.43. The molecular formula is C11H22N2O4S. The Bertz CT molecular complexity index is 272. The monoisotopic (exact) mass is 278 g/mol. The molecule has 0 aromatic heterocycles. The van der Waals surface area contributed by atoms with Gasteiger partial charge in [-0.15, -0.1) is 0 Å². The Kier molecular flexibility index (Phi) is 8.57. The fourth-order valence-electron chi connectivity index (χ4n) is 1.29. The summed E-state index contributed by atoms with van der Waals surface area (Å²) in [5, 5.41) is 23.3. The number of aliphatic carboxylic acids is 1. The van der Waals surface area contributed by atoms with Gasteiger partial charge in [-0.05, 0) is 31.8 Å². The molecular weight excluding hydrogens is 256 g/mol. The van der Waals surface area contributed by atoms with Gasteiger partial charge >= 0.3 is 12.0 Å². The molecule has 0 aliphatic heterocycles. The minimum absolute atomic E-state index is 0.0874. The van der Waals surface area contributed by atoms with Crippen LogP contribution in [0, 0.1) is 0 Å². The van der Waals surface area contributed by atoms with Crippen molar-refractivity contribution in [3.05, 3.63) is 0 Å². The molecule has 0 aromatic rings. The zero-order valence-corrected chi connectivity index (χ0v) is 11.7. The predicted molar refractivity (Wildman–Crippen MR) is 71.9 cm³/mol. The van der Waals surface area contributed by atoms with Crippen LogP contribution in [0.15, 0.2) is 0 Å². The number of thioether (sulfide) groups is 1. The van der Waals surface area contributed by atoms with Gasteiger partial charge in [0.1, 0.15) is 0 Å². The van der Waals surface area contributed by atoms with Crippen LogP contribution in [0.5, 0.6) is 0 Å². The fourth-order valence-corrected chi connectivity index (χ4v) is 1.79. The number of carboxylic acids is 1. The Balaban J connectivity index is 3.66. The summed E-state index contributed by atoms with van der Waals surface area (Å²) >= 11 is 1.76. The summed E-state index contributed by atoms with van der Waals surface area (Å²) < 4.78 is 0. The Morgan fingerprint density at radius 2 is 1.94 bits per heavy atom. The number of aliphatic hydroxyl groups is 1. The molecule has 0 saturated carbocycles. The molecule has 0 bridgehead atoms. The molecule has 0 aliphatic rings. The number of urea groups is 1. The van der Waals surface area contributed by atoms with E-state index in [0.717, 1.165) is 18.6 Å². The molecule has 4 N–H and O–H groups in total. The maximum absolute atomic E-state index is 11.3. The van der Waals surface area contributed by atoms with Crippen molar-refractivity contribution in [2.24, 2.45) is 0 Å². The van der Waals surface area contributed by atoms with Crippen molar-refractivity contribution in [2.45, 2.75) is 31.8 Å². The molecule has 0 rings (SSSR count). The third-order valence-electron chi connectivity index (χ3n) is 2.22. The van der Waals surface area contributed by atoms with Crippen LogP contribution in [0.3, 0.4) is 0 Å². The zero-order chi connectivity index (χ0) is 14.0. The zero-order valence-electron chi connectivity index (χ0n) is 10.9. The number of carbonyl (C=O) groups excluding carboxylic acids is 1. The van der Waals surface area contributed by atoms with Gasteiger partial charge in [0.2, 0.25) is 0 Å². The molecule has 1 unspecified atom stereocenters. The maximum Gasteiger partial charge on any atom is 0.314 e. The molecule has 0 fully saturated rings. The molecule has 0 spiro atoms. The van der Waals surface area contributed by atoms with Crippen LogP contribution in [0.2, 0.25) is 0 Å². The normalized spacial score (nSPS) is 13.7.